The van der Waals surface area contributed by atoms with Crippen LogP contribution >= 0.6 is 27.5 Å². The van der Waals surface area contributed by atoms with Crippen molar-refractivity contribution in [2.75, 3.05) is 0 Å². The van der Waals surface area contributed by atoms with E-state index < -0.39 is 5.67 Å². The summed E-state index contributed by atoms with van der Waals surface area (Å²) >= 11 is 9.32. The lowest BCUT2D eigenvalue weighted by Gasteiger charge is -2.23. The lowest BCUT2D eigenvalue weighted by molar-refractivity contribution is 0.236. The summed E-state index contributed by atoms with van der Waals surface area (Å²) in [6.45, 7) is 0. The van der Waals surface area contributed by atoms with Gasteiger partial charge < -0.3 is 0 Å². The minimum absolute atomic E-state index is 0.333. The van der Waals surface area contributed by atoms with Crippen LogP contribution in [0.15, 0.2) is 47.0 Å². The van der Waals surface area contributed by atoms with Gasteiger partial charge in [0.05, 0.1) is 0 Å². The first-order valence-electron chi connectivity index (χ1n) is 4.61. The normalized spacial score (nSPS) is 24.5. The molecule has 2 rings (SSSR count). The van der Waals surface area contributed by atoms with E-state index in [0.717, 1.165) is 4.47 Å². The summed E-state index contributed by atoms with van der Waals surface area (Å²) in [7, 11) is 0. The molecule has 0 spiro atoms. The molecule has 1 unspecified atom stereocenters. The van der Waals surface area contributed by atoms with Crippen molar-refractivity contribution in [2.45, 2.75) is 12.1 Å². The molecule has 1 atom stereocenters. The van der Waals surface area contributed by atoms with E-state index in [4.69, 9.17) is 11.6 Å². The second-order valence-corrected chi connectivity index (χ2v) is 4.80. The van der Waals surface area contributed by atoms with Crippen LogP contribution in [0.5, 0.6) is 0 Å². The van der Waals surface area contributed by atoms with Crippen LogP contribution in [0.2, 0.25) is 5.02 Å². The fraction of sp³-hybridized carbons (Fsp3) is 0.167. The Morgan fingerprint density at radius 1 is 1.33 bits per heavy atom. The van der Waals surface area contributed by atoms with E-state index in [9.17, 15) is 4.39 Å². The SMILES string of the molecule is FC1(c2cc(Br)ccc2Cl)C=CC=CC1. The van der Waals surface area contributed by atoms with Gasteiger partial charge in [0.15, 0.2) is 5.67 Å². The van der Waals surface area contributed by atoms with Gasteiger partial charge in [0.2, 0.25) is 0 Å². The Morgan fingerprint density at radius 3 is 2.80 bits per heavy atom. The fourth-order valence-electron chi connectivity index (χ4n) is 1.61. The molecular formula is C12H9BrClF. The Labute approximate surface area is 102 Å². The van der Waals surface area contributed by atoms with Crippen molar-refractivity contribution < 1.29 is 4.39 Å². The van der Waals surface area contributed by atoms with Crippen molar-refractivity contribution in [2.24, 2.45) is 0 Å². The van der Waals surface area contributed by atoms with Crippen LogP contribution in [0.3, 0.4) is 0 Å². The van der Waals surface area contributed by atoms with Gasteiger partial charge in [0, 0.05) is 21.5 Å². The van der Waals surface area contributed by atoms with Gasteiger partial charge >= 0.3 is 0 Å². The summed E-state index contributed by atoms with van der Waals surface area (Å²) in [5.74, 6) is 0. The van der Waals surface area contributed by atoms with Crippen LogP contribution in [0.1, 0.15) is 12.0 Å². The molecule has 0 amide bonds. The van der Waals surface area contributed by atoms with Crippen LogP contribution in [0.4, 0.5) is 4.39 Å². The molecule has 1 aromatic rings. The van der Waals surface area contributed by atoms with Crippen LogP contribution in [-0.2, 0) is 5.67 Å². The molecule has 1 aromatic carbocycles. The maximum absolute atomic E-state index is 14.5. The zero-order valence-corrected chi connectivity index (χ0v) is 10.2. The molecule has 0 aliphatic heterocycles. The minimum atomic E-state index is -1.48. The molecule has 3 heteroatoms. The average molecular weight is 288 g/mol. The van der Waals surface area contributed by atoms with E-state index in [2.05, 4.69) is 15.9 Å². The summed E-state index contributed by atoms with van der Waals surface area (Å²) in [5.41, 5.74) is -0.963. The van der Waals surface area contributed by atoms with Gasteiger partial charge in [-0.3, -0.25) is 0 Å². The van der Waals surface area contributed by atoms with Gasteiger partial charge in [0.25, 0.3) is 0 Å². The number of allylic oxidation sites excluding steroid dienone is 4. The molecule has 1 aliphatic carbocycles. The van der Waals surface area contributed by atoms with Crippen LogP contribution < -0.4 is 0 Å². The van der Waals surface area contributed by atoms with Crippen molar-refractivity contribution in [3.63, 3.8) is 0 Å². The number of benzene rings is 1. The molecule has 0 saturated heterocycles. The number of rotatable bonds is 1. The highest BCUT2D eigenvalue weighted by molar-refractivity contribution is 9.10. The molecular weight excluding hydrogens is 278 g/mol. The smallest absolute Gasteiger partial charge is 0.159 e. The van der Waals surface area contributed by atoms with Gasteiger partial charge in [-0.05, 0) is 24.3 Å². The third-order valence-corrected chi connectivity index (χ3v) is 3.22. The average Bonchev–Trinajstić information content (AvgIpc) is 2.23. The Morgan fingerprint density at radius 2 is 2.13 bits per heavy atom. The Hall–Kier alpha value is -0.600. The van der Waals surface area contributed by atoms with E-state index in [-0.39, 0.29) is 0 Å². The zero-order chi connectivity index (χ0) is 10.9. The fourth-order valence-corrected chi connectivity index (χ4v) is 2.25. The van der Waals surface area contributed by atoms with Crippen molar-refractivity contribution >= 4 is 27.5 Å². The van der Waals surface area contributed by atoms with Crippen molar-refractivity contribution in [3.05, 3.63) is 57.6 Å². The van der Waals surface area contributed by atoms with Gasteiger partial charge in [-0.2, -0.15) is 0 Å². The first kappa shape index (κ1) is 10.9. The van der Waals surface area contributed by atoms with Crippen molar-refractivity contribution in [1.29, 1.82) is 0 Å². The molecule has 15 heavy (non-hydrogen) atoms. The topological polar surface area (TPSA) is 0 Å². The molecule has 0 saturated carbocycles. The second kappa shape index (κ2) is 4.11. The van der Waals surface area contributed by atoms with E-state index in [0.29, 0.717) is 17.0 Å². The standard InChI is InChI=1S/C12H9BrClF/c13-9-4-5-11(14)10(8-9)12(15)6-2-1-3-7-12/h1-6,8H,7H2. The monoisotopic (exact) mass is 286 g/mol. The third-order valence-electron chi connectivity index (χ3n) is 2.40. The Balaban J connectivity index is 2.48. The first-order valence-corrected chi connectivity index (χ1v) is 5.78. The number of halogens is 3. The summed E-state index contributed by atoms with van der Waals surface area (Å²) in [6, 6.07) is 5.23. The zero-order valence-electron chi connectivity index (χ0n) is 7.88. The third kappa shape index (κ3) is 2.16. The molecule has 0 N–H and O–H groups in total. The van der Waals surface area contributed by atoms with Crippen molar-refractivity contribution in [3.8, 4) is 0 Å². The number of hydrogen-bond donors (Lipinski definition) is 0. The Kier molecular flexibility index (Phi) is 2.98. The molecule has 0 fully saturated rings. The van der Waals surface area contributed by atoms with Gasteiger partial charge in [-0.15, -0.1) is 0 Å². The predicted octanol–water partition coefficient (Wildman–Crippen LogP) is 4.78. The molecule has 0 heterocycles. The van der Waals surface area contributed by atoms with Crippen LogP contribution in [0, 0.1) is 0 Å². The van der Waals surface area contributed by atoms with Crippen molar-refractivity contribution in [1.82, 2.24) is 0 Å². The van der Waals surface area contributed by atoms with E-state index in [1.54, 1.807) is 36.4 Å². The summed E-state index contributed by atoms with van der Waals surface area (Å²) < 4.78 is 15.3. The molecule has 0 nitrogen and oxygen atoms in total. The predicted molar refractivity (Wildman–Crippen MR) is 64.8 cm³/mol. The molecule has 1 aliphatic rings. The van der Waals surface area contributed by atoms with Crippen LogP contribution in [-0.4, -0.2) is 0 Å². The quantitative estimate of drug-likeness (QED) is 0.697. The summed E-state index contributed by atoms with van der Waals surface area (Å²) in [5, 5.41) is 0.459. The highest BCUT2D eigenvalue weighted by atomic mass is 79.9. The van der Waals surface area contributed by atoms with Crippen LogP contribution in [0.25, 0.3) is 0 Å². The number of hydrogen-bond acceptors (Lipinski definition) is 0. The molecule has 78 valence electrons. The van der Waals surface area contributed by atoms with E-state index >= 15 is 0 Å². The van der Waals surface area contributed by atoms with Gasteiger partial charge in [0.1, 0.15) is 0 Å². The highest BCUT2D eigenvalue weighted by Crippen LogP contribution is 2.39. The van der Waals surface area contributed by atoms with Gasteiger partial charge in [-0.25, -0.2) is 4.39 Å². The summed E-state index contributed by atoms with van der Waals surface area (Å²) in [6.07, 6.45) is 7.22. The highest BCUT2D eigenvalue weighted by Gasteiger charge is 2.30. The lowest BCUT2D eigenvalue weighted by Crippen LogP contribution is -2.18. The second-order valence-electron chi connectivity index (χ2n) is 3.48. The minimum Gasteiger partial charge on any atom is -0.234 e. The van der Waals surface area contributed by atoms with Gasteiger partial charge in [-0.1, -0.05) is 45.8 Å². The molecule has 0 bridgehead atoms. The first-order chi connectivity index (χ1) is 7.12. The molecule has 0 aromatic heterocycles. The largest absolute Gasteiger partial charge is 0.234 e. The number of alkyl halides is 1. The van der Waals surface area contributed by atoms with E-state index in [1.165, 1.54) is 0 Å². The Bertz CT molecular complexity index is 439. The van der Waals surface area contributed by atoms with E-state index in [1.807, 2.05) is 6.08 Å². The summed E-state index contributed by atoms with van der Waals surface area (Å²) in [4.78, 5) is 0. The maximum atomic E-state index is 14.5. The maximum Gasteiger partial charge on any atom is 0.159 e. The molecule has 0 radical (unpaired) electrons. The lowest BCUT2D eigenvalue weighted by atomic mass is 9.89.